The molecule has 3 heterocycles. The van der Waals surface area contributed by atoms with Crippen LogP contribution in [0.5, 0.6) is 0 Å². The van der Waals surface area contributed by atoms with Crippen LogP contribution in [0.1, 0.15) is 43.2 Å². The van der Waals surface area contributed by atoms with E-state index in [0.717, 1.165) is 49.0 Å². The van der Waals surface area contributed by atoms with Crippen molar-refractivity contribution < 1.29 is 17.9 Å². The van der Waals surface area contributed by atoms with Crippen LogP contribution in [0.15, 0.2) is 17.0 Å². The van der Waals surface area contributed by atoms with Crippen molar-refractivity contribution in [1.82, 2.24) is 4.72 Å². The molecule has 0 radical (unpaired) electrons. The first-order chi connectivity index (χ1) is 11.5. The number of sulfonamides is 1. The van der Waals surface area contributed by atoms with Crippen molar-refractivity contribution in [2.75, 3.05) is 24.6 Å². The van der Waals surface area contributed by atoms with Gasteiger partial charge in [-0.1, -0.05) is 0 Å². The first kappa shape index (κ1) is 16.1. The maximum absolute atomic E-state index is 12.7. The highest BCUT2D eigenvalue weighted by atomic mass is 32.2. The Balaban J connectivity index is 1.66. The standard InChI is InChI=1S/C17H22N2O4S/c1-11-15-9-14(24(21,22)18-10-13-5-3-7-23-13)8-12-4-2-6-19(16(12)15)17(11)20/h8-9,11,13,18H,2-7,10H2,1H3/t11-,13-/m0/s1. The van der Waals surface area contributed by atoms with E-state index in [1.165, 1.54) is 0 Å². The highest BCUT2D eigenvalue weighted by molar-refractivity contribution is 7.89. The van der Waals surface area contributed by atoms with E-state index in [4.69, 9.17) is 4.74 Å². The number of anilines is 1. The topological polar surface area (TPSA) is 75.7 Å². The SMILES string of the molecule is C[C@@H]1C(=O)N2CCCc3cc(S(=O)(=O)NC[C@@H]4CCCO4)cc1c32. The molecule has 2 atom stereocenters. The molecule has 1 aromatic rings. The van der Waals surface area contributed by atoms with E-state index in [0.29, 0.717) is 13.2 Å². The van der Waals surface area contributed by atoms with Crippen molar-refractivity contribution in [3.05, 3.63) is 23.3 Å². The largest absolute Gasteiger partial charge is 0.377 e. The molecule has 0 unspecified atom stereocenters. The highest BCUT2D eigenvalue weighted by Gasteiger charge is 2.38. The van der Waals surface area contributed by atoms with Gasteiger partial charge in [-0.2, -0.15) is 0 Å². The Morgan fingerprint density at radius 3 is 2.92 bits per heavy atom. The third-order valence-electron chi connectivity index (χ3n) is 5.23. The first-order valence-corrected chi connectivity index (χ1v) is 10.0. The Bertz CT molecular complexity index is 784. The van der Waals surface area contributed by atoms with E-state index >= 15 is 0 Å². The lowest BCUT2D eigenvalue weighted by Crippen LogP contribution is -2.33. The molecule has 0 aliphatic carbocycles. The van der Waals surface area contributed by atoms with Crippen molar-refractivity contribution in [3.63, 3.8) is 0 Å². The molecule has 4 rings (SSSR count). The van der Waals surface area contributed by atoms with Gasteiger partial charge in [0.2, 0.25) is 15.9 Å². The van der Waals surface area contributed by atoms with Crippen LogP contribution in [-0.4, -0.2) is 40.1 Å². The van der Waals surface area contributed by atoms with Crippen LogP contribution in [0.3, 0.4) is 0 Å². The third-order valence-corrected chi connectivity index (χ3v) is 6.63. The van der Waals surface area contributed by atoms with Gasteiger partial charge >= 0.3 is 0 Å². The van der Waals surface area contributed by atoms with Gasteiger partial charge in [-0.15, -0.1) is 0 Å². The minimum atomic E-state index is -3.60. The lowest BCUT2D eigenvalue weighted by atomic mass is 9.97. The fraction of sp³-hybridized carbons (Fsp3) is 0.588. The normalized spacial score (nSPS) is 26.0. The third kappa shape index (κ3) is 2.55. The molecular formula is C17H22N2O4S. The summed E-state index contributed by atoms with van der Waals surface area (Å²) in [7, 11) is -3.60. The second-order valence-electron chi connectivity index (χ2n) is 6.82. The molecule has 1 saturated heterocycles. The fourth-order valence-corrected chi connectivity index (χ4v) is 5.06. The molecule has 0 spiro atoms. The van der Waals surface area contributed by atoms with E-state index in [9.17, 15) is 13.2 Å². The zero-order chi connectivity index (χ0) is 16.9. The van der Waals surface area contributed by atoms with Crippen LogP contribution in [-0.2, 0) is 26.0 Å². The van der Waals surface area contributed by atoms with Crippen LogP contribution in [0.4, 0.5) is 5.69 Å². The maximum Gasteiger partial charge on any atom is 0.240 e. The predicted octanol–water partition coefficient (Wildman–Crippen LogP) is 1.54. The number of rotatable bonds is 4. The monoisotopic (exact) mass is 350 g/mol. The van der Waals surface area contributed by atoms with Crippen molar-refractivity contribution in [2.24, 2.45) is 0 Å². The summed E-state index contributed by atoms with van der Waals surface area (Å²) in [5.41, 5.74) is 2.75. The number of hydrogen-bond donors (Lipinski definition) is 1. The molecule has 7 heteroatoms. The summed E-state index contributed by atoms with van der Waals surface area (Å²) >= 11 is 0. The van der Waals surface area contributed by atoms with Crippen LogP contribution in [0.2, 0.25) is 0 Å². The predicted molar refractivity (Wildman–Crippen MR) is 89.7 cm³/mol. The summed E-state index contributed by atoms with van der Waals surface area (Å²) in [5, 5.41) is 0. The van der Waals surface area contributed by atoms with Crippen molar-refractivity contribution >= 4 is 21.6 Å². The molecule has 0 aromatic heterocycles. The molecule has 0 saturated carbocycles. The average molecular weight is 350 g/mol. The van der Waals surface area contributed by atoms with Gasteiger partial charge in [-0.25, -0.2) is 13.1 Å². The molecule has 1 amide bonds. The smallest absolute Gasteiger partial charge is 0.240 e. The molecule has 24 heavy (non-hydrogen) atoms. The number of hydrogen-bond acceptors (Lipinski definition) is 4. The maximum atomic E-state index is 12.7. The van der Waals surface area contributed by atoms with Gasteiger partial charge in [0, 0.05) is 19.7 Å². The Morgan fingerprint density at radius 1 is 1.33 bits per heavy atom. The molecule has 3 aliphatic heterocycles. The summed E-state index contributed by atoms with van der Waals surface area (Å²) in [5.74, 6) is -0.196. The molecule has 1 aromatic carbocycles. The summed E-state index contributed by atoms with van der Waals surface area (Å²) in [6.07, 6.45) is 3.51. The van der Waals surface area contributed by atoms with Gasteiger partial charge in [0.1, 0.15) is 0 Å². The van der Waals surface area contributed by atoms with Crippen molar-refractivity contribution in [3.8, 4) is 0 Å². The quantitative estimate of drug-likeness (QED) is 0.894. The molecule has 0 bridgehead atoms. The van der Waals surface area contributed by atoms with Crippen molar-refractivity contribution in [1.29, 1.82) is 0 Å². The summed E-state index contributed by atoms with van der Waals surface area (Å²) < 4.78 is 33.5. The summed E-state index contributed by atoms with van der Waals surface area (Å²) in [4.78, 5) is 14.5. The zero-order valence-corrected chi connectivity index (χ0v) is 14.6. The molecule has 1 N–H and O–H groups in total. The van der Waals surface area contributed by atoms with Crippen LogP contribution >= 0.6 is 0 Å². The highest BCUT2D eigenvalue weighted by Crippen LogP contribution is 2.43. The summed E-state index contributed by atoms with van der Waals surface area (Å²) in [6, 6.07) is 3.40. The number of nitrogens with zero attached hydrogens (tertiary/aromatic N) is 1. The van der Waals surface area contributed by atoms with Gasteiger partial charge in [0.25, 0.3) is 0 Å². The van der Waals surface area contributed by atoms with Gasteiger partial charge in [0.05, 0.1) is 22.6 Å². The zero-order valence-electron chi connectivity index (χ0n) is 13.7. The lowest BCUT2D eigenvalue weighted by Gasteiger charge is -2.26. The minimum absolute atomic E-state index is 0.0384. The number of aryl methyl sites for hydroxylation is 1. The van der Waals surface area contributed by atoms with Crippen LogP contribution < -0.4 is 9.62 Å². The lowest BCUT2D eigenvalue weighted by molar-refractivity contribution is -0.119. The number of carbonyl (C=O) groups is 1. The van der Waals surface area contributed by atoms with E-state index < -0.39 is 10.0 Å². The van der Waals surface area contributed by atoms with Gasteiger partial charge in [-0.3, -0.25) is 4.79 Å². The van der Waals surface area contributed by atoms with Crippen LogP contribution in [0, 0.1) is 0 Å². The van der Waals surface area contributed by atoms with Gasteiger partial charge < -0.3 is 9.64 Å². The van der Waals surface area contributed by atoms with E-state index in [1.807, 2.05) is 11.8 Å². The number of amides is 1. The van der Waals surface area contributed by atoms with E-state index in [1.54, 1.807) is 12.1 Å². The second-order valence-corrected chi connectivity index (χ2v) is 8.59. The van der Waals surface area contributed by atoms with Gasteiger partial charge in [-0.05, 0) is 55.9 Å². The van der Waals surface area contributed by atoms with Crippen molar-refractivity contribution in [2.45, 2.75) is 49.5 Å². The fourth-order valence-electron chi connectivity index (χ4n) is 3.91. The minimum Gasteiger partial charge on any atom is -0.377 e. The summed E-state index contributed by atoms with van der Waals surface area (Å²) in [6.45, 7) is 3.58. The van der Waals surface area contributed by atoms with E-state index in [2.05, 4.69) is 4.72 Å². The van der Waals surface area contributed by atoms with Gasteiger partial charge in [0.15, 0.2) is 0 Å². The number of benzene rings is 1. The molecule has 130 valence electrons. The second kappa shape index (κ2) is 5.82. The molecule has 6 nitrogen and oxygen atoms in total. The number of nitrogens with one attached hydrogen (secondary N) is 1. The Morgan fingerprint density at radius 2 is 2.17 bits per heavy atom. The Hall–Kier alpha value is -1.44. The average Bonchev–Trinajstić information content (AvgIpc) is 3.18. The Labute approximate surface area is 142 Å². The number of ether oxygens (including phenoxy) is 1. The first-order valence-electron chi connectivity index (χ1n) is 8.57. The van der Waals surface area contributed by atoms with E-state index in [-0.39, 0.29) is 22.8 Å². The van der Waals surface area contributed by atoms with Crippen LogP contribution in [0.25, 0.3) is 0 Å². The molecule has 1 fully saturated rings. The molecular weight excluding hydrogens is 328 g/mol. The Kier molecular flexibility index (Phi) is 3.89. The molecule has 3 aliphatic rings. The number of carbonyl (C=O) groups excluding carboxylic acids is 1.